The molecule has 1 fully saturated rings. The monoisotopic (exact) mass is 463 g/mol. The van der Waals surface area contributed by atoms with Crippen LogP contribution in [-0.4, -0.2) is 38.1 Å². The van der Waals surface area contributed by atoms with Crippen molar-refractivity contribution in [1.82, 2.24) is 0 Å². The number of ketones is 1. The summed E-state index contributed by atoms with van der Waals surface area (Å²) in [7, 11) is 4.44. The molecule has 0 saturated carbocycles. The van der Waals surface area contributed by atoms with Crippen LogP contribution in [0.2, 0.25) is 0 Å². The van der Waals surface area contributed by atoms with Crippen molar-refractivity contribution < 1.29 is 33.3 Å². The van der Waals surface area contributed by atoms with Gasteiger partial charge in [-0.2, -0.15) is 0 Å². The second kappa shape index (κ2) is 9.27. The van der Waals surface area contributed by atoms with E-state index in [1.165, 1.54) is 50.5 Å². The van der Waals surface area contributed by atoms with Gasteiger partial charge in [0.15, 0.2) is 11.5 Å². The molecule has 0 spiro atoms. The molecule has 1 saturated heterocycles. The number of hydrogen-bond acceptors (Lipinski definition) is 6. The molecule has 1 N–H and O–H groups in total. The number of aliphatic hydroxyl groups is 1. The van der Waals surface area contributed by atoms with Crippen LogP contribution in [0.5, 0.6) is 17.2 Å². The van der Waals surface area contributed by atoms with Gasteiger partial charge in [-0.1, -0.05) is 18.2 Å². The van der Waals surface area contributed by atoms with E-state index in [0.29, 0.717) is 22.8 Å². The van der Waals surface area contributed by atoms with Gasteiger partial charge >= 0.3 is 0 Å². The summed E-state index contributed by atoms with van der Waals surface area (Å²) in [5.41, 5.74) is 0.848. The van der Waals surface area contributed by atoms with Gasteiger partial charge in [0.05, 0.1) is 32.9 Å². The van der Waals surface area contributed by atoms with Gasteiger partial charge in [-0.25, -0.2) is 4.39 Å². The average Bonchev–Trinajstić information content (AvgIpc) is 3.13. The molecule has 174 valence electrons. The van der Waals surface area contributed by atoms with Crippen molar-refractivity contribution in [3.8, 4) is 17.2 Å². The Labute approximate surface area is 195 Å². The number of nitrogens with zero attached hydrogens (tertiary/aromatic N) is 1. The van der Waals surface area contributed by atoms with E-state index in [2.05, 4.69) is 0 Å². The Morgan fingerprint density at radius 2 is 1.59 bits per heavy atom. The van der Waals surface area contributed by atoms with E-state index in [1.807, 2.05) is 0 Å². The maximum atomic E-state index is 14.0. The molecule has 0 aliphatic carbocycles. The number of aliphatic hydroxyl groups excluding tert-OH is 1. The maximum absolute atomic E-state index is 14.0. The number of carbonyl (C=O) groups is 2. The van der Waals surface area contributed by atoms with Gasteiger partial charge in [0.2, 0.25) is 0 Å². The predicted octanol–water partition coefficient (Wildman–Crippen LogP) is 4.48. The van der Waals surface area contributed by atoms with E-state index >= 15 is 0 Å². The summed E-state index contributed by atoms with van der Waals surface area (Å²) in [5.74, 6) is -1.37. The molecule has 34 heavy (non-hydrogen) atoms. The normalized spacial score (nSPS) is 17.1. The molecule has 1 aliphatic heterocycles. The summed E-state index contributed by atoms with van der Waals surface area (Å²) in [6, 6.07) is 15.8. The molecule has 0 radical (unpaired) electrons. The van der Waals surface area contributed by atoms with Crippen molar-refractivity contribution in [1.29, 1.82) is 0 Å². The molecule has 1 aliphatic rings. The molecule has 1 atom stereocenters. The SMILES string of the molecule is COc1ccc(C2/C(=C(\O)c3ccc(OC)c(OC)c3)C(=O)C(=O)N2c2cccc(F)c2)cc1. The van der Waals surface area contributed by atoms with Crippen molar-refractivity contribution >= 4 is 23.1 Å². The quantitative estimate of drug-likeness (QED) is 0.330. The van der Waals surface area contributed by atoms with Crippen LogP contribution in [0, 0.1) is 5.82 Å². The minimum absolute atomic E-state index is 0.133. The van der Waals surface area contributed by atoms with Crippen LogP contribution in [0.3, 0.4) is 0 Å². The molecule has 4 rings (SSSR count). The third kappa shape index (κ3) is 3.94. The lowest BCUT2D eigenvalue weighted by molar-refractivity contribution is -0.132. The van der Waals surface area contributed by atoms with Crippen molar-refractivity contribution in [2.75, 3.05) is 26.2 Å². The minimum Gasteiger partial charge on any atom is -0.507 e. The van der Waals surface area contributed by atoms with Crippen molar-refractivity contribution in [2.24, 2.45) is 0 Å². The van der Waals surface area contributed by atoms with E-state index in [4.69, 9.17) is 14.2 Å². The Morgan fingerprint density at radius 3 is 2.21 bits per heavy atom. The smallest absolute Gasteiger partial charge is 0.300 e. The summed E-state index contributed by atoms with van der Waals surface area (Å²) >= 11 is 0. The molecule has 7 nitrogen and oxygen atoms in total. The van der Waals surface area contributed by atoms with Gasteiger partial charge in [0.25, 0.3) is 11.7 Å². The summed E-state index contributed by atoms with van der Waals surface area (Å²) in [6.07, 6.45) is 0. The molecule has 8 heteroatoms. The molecule has 3 aromatic rings. The molecule has 1 unspecified atom stereocenters. The first-order valence-electron chi connectivity index (χ1n) is 10.3. The minimum atomic E-state index is -0.999. The topological polar surface area (TPSA) is 85.3 Å². The highest BCUT2D eigenvalue weighted by Gasteiger charge is 2.47. The number of benzene rings is 3. The molecule has 3 aromatic carbocycles. The van der Waals surface area contributed by atoms with Crippen LogP contribution < -0.4 is 19.1 Å². The van der Waals surface area contributed by atoms with Crippen LogP contribution in [0.4, 0.5) is 10.1 Å². The molecular weight excluding hydrogens is 441 g/mol. The van der Waals surface area contributed by atoms with Gasteiger partial charge in [0, 0.05) is 11.3 Å². The molecule has 0 bridgehead atoms. The predicted molar refractivity (Wildman–Crippen MR) is 124 cm³/mol. The van der Waals surface area contributed by atoms with Gasteiger partial charge < -0.3 is 19.3 Å². The Morgan fingerprint density at radius 1 is 0.882 bits per heavy atom. The van der Waals surface area contributed by atoms with E-state index in [0.717, 1.165) is 6.07 Å². The fourth-order valence-corrected chi connectivity index (χ4v) is 3.97. The van der Waals surface area contributed by atoms with E-state index in [1.54, 1.807) is 36.4 Å². The number of amides is 1. The highest BCUT2D eigenvalue weighted by molar-refractivity contribution is 6.51. The molecule has 1 heterocycles. The molecule has 1 amide bonds. The summed E-state index contributed by atoms with van der Waals surface area (Å²) < 4.78 is 29.8. The number of hydrogen-bond donors (Lipinski definition) is 1. The van der Waals surface area contributed by atoms with Crippen molar-refractivity contribution in [3.05, 3.63) is 89.2 Å². The number of carbonyl (C=O) groups excluding carboxylic acids is 2. The van der Waals surface area contributed by atoms with Crippen LogP contribution in [0.15, 0.2) is 72.3 Å². The highest BCUT2D eigenvalue weighted by Crippen LogP contribution is 2.43. The van der Waals surface area contributed by atoms with E-state index < -0.39 is 23.5 Å². The summed E-state index contributed by atoms with van der Waals surface area (Å²) in [5, 5.41) is 11.2. The lowest BCUT2D eigenvalue weighted by atomic mass is 9.95. The Balaban J connectivity index is 1.93. The number of rotatable bonds is 6. The van der Waals surface area contributed by atoms with Crippen LogP contribution in [-0.2, 0) is 9.59 Å². The first-order chi connectivity index (χ1) is 16.4. The first kappa shape index (κ1) is 22.8. The number of Topliss-reactive ketones (excluding diaryl/α,β-unsaturated/α-hetero) is 1. The zero-order valence-corrected chi connectivity index (χ0v) is 18.7. The van der Waals surface area contributed by atoms with Gasteiger partial charge in [-0.3, -0.25) is 14.5 Å². The molecular formula is C26H22FNO6. The van der Waals surface area contributed by atoms with Crippen molar-refractivity contribution in [3.63, 3.8) is 0 Å². The number of methoxy groups -OCH3 is 3. The lowest BCUT2D eigenvalue weighted by Crippen LogP contribution is -2.29. The Hall–Kier alpha value is -4.33. The second-order valence-electron chi connectivity index (χ2n) is 7.49. The lowest BCUT2D eigenvalue weighted by Gasteiger charge is -2.25. The largest absolute Gasteiger partial charge is 0.507 e. The Bertz CT molecular complexity index is 1280. The van der Waals surface area contributed by atoms with E-state index in [-0.39, 0.29) is 22.6 Å². The van der Waals surface area contributed by atoms with Crippen LogP contribution in [0.1, 0.15) is 17.2 Å². The van der Waals surface area contributed by atoms with Crippen LogP contribution in [0.25, 0.3) is 5.76 Å². The summed E-state index contributed by atoms with van der Waals surface area (Å²) in [4.78, 5) is 27.5. The van der Waals surface area contributed by atoms with Gasteiger partial charge in [0.1, 0.15) is 17.3 Å². The highest BCUT2D eigenvalue weighted by atomic mass is 19.1. The first-order valence-corrected chi connectivity index (χ1v) is 10.3. The zero-order chi connectivity index (χ0) is 24.4. The average molecular weight is 463 g/mol. The standard InChI is InChI=1S/C26H22FNO6/c1-32-19-10-7-15(8-11-19)23-22(24(29)16-9-12-20(33-2)21(13-16)34-3)25(30)26(31)28(23)18-6-4-5-17(27)14-18/h4-14,23,29H,1-3H3/b24-22+. The maximum Gasteiger partial charge on any atom is 0.300 e. The molecule has 0 aromatic heterocycles. The van der Waals surface area contributed by atoms with Crippen molar-refractivity contribution in [2.45, 2.75) is 6.04 Å². The summed E-state index contributed by atoms with van der Waals surface area (Å²) in [6.45, 7) is 0. The van der Waals surface area contributed by atoms with Crippen LogP contribution >= 0.6 is 0 Å². The van der Waals surface area contributed by atoms with Gasteiger partial charge in [-0.15, -0.1) is 0 Å². The van der Waals surface area contributed by atoms with Gasteiger partial charge in [-0.05, 0) is 54.1 Å². The van der Waals surface area contributed by atoms with E-state index in [9.17, 15) is 19.1 Å². The second-order valence-corrected chi connectivity index (χ2v) is 7.49. The third-order valence-corrected chi connectivity index (χ3v) is 5.62. The fraction of sp³-hybridized carbons (Fsp3) is 0.154. The Kier molecular flexibility index (Phi) is 6.23. The third-order valence-electron chi connectivity index (χ3n) is 5.62. The zero-order valence-electron chi connectivity index (χ0n) is 18.7. The number of halogens is 1. The fourth-order valence-electron chi connectivity index (χ4n) is 3.97. The number of ether oxygens (including phenoxy) is 3. The number of anilines is 1.